The van der Waals surface area contributed by atoms with Crippen molar-refractivity contribution in [2.24, 2.45) is 0 Å². The number of hydrogen-bond donors (Lipinski definition) is 0. The van der Waals surface area contributed by atoms with E-state index in [1.165, 1.54) is 0 Å². The fraction of sp³-hybridized carbons (Fsp3) is 1.00. The van der Waals surface area contributed by atoms with Gasteiger partial charge in [0.2, 0.25) is 0 Å². The van der Waals surface area contributed by atoms with Gasteiger partial charge in [0.15, 0.2) is 0 Å². The third-order valence-electron chi connectivity index (χ3n) is 0.652. The van der Waals surface area contributed by atoms with E-state index in [0.717, 1.165) is 0 Å². The van der Waals surface area contributed by atoms with Crippen LogP contribution < -0.4 is 0 Å². The van der Waals surface area contributed by atoms with Crippen molar-refractivity contribution in [1.82, 2.24) is 0 Å². The Labute approximate surface area is 86.7 Å². The molecule has 0 heterocycles. The maximum absolute atomic E-state index is 11.2. The predicted octanol–water partition coefficient (Wildman–Crippen LogP) is 1.53. The molecule has 0 rings (SSSR count). The van der Waals surface area contributed by atoms with Crippen molar-refractivity contribution >= 4 is 37.7 Å². The van der Waals surface area contributed by atoms with Gasteiger partial charge in [-0.2, -0.15) is 22.0 Å². The Bertz CT molecular complexity index is 115. The van der Waals surface area contributed by atoms with Crippen molar-refractivity contribution in [2.75, 3.05) is 0 Å². The van der Waals surface area contributed by atoms with Crippen LogP contribution in [0.15, 0.2) is 0 Å². The molecule has 0 atom stereocenters. The first-order valence-corrected chi connectivity index (χ1v) is 1.92. The second kappa shape index (κ2) is 4.13. The van der Waals surface area contributed by atoms with Gasteiger partial charge < -0.3 is 0 Å². The van der Waals surface area contributed by atoms with Crippen molar-refractivity contribution in [2.45, 2.75) is 18.5 Å². The number of rotatable bonds is 1. The van der Waals surface area contributed by atoms with Gasteiger partial charge in [-0.3, -0.25) is 0 Å². The molecule has 0 aromatic carbocycles. The van der Waals surface area contributed by atoms with Gasteiger partial charge in [0.05, 0.1) is 0 Å². The van der Waals surface area contributed by atoms with E-state index < -0.39 is 18.5 Å². The Balaban J connectivity index is 0. The normalized spacial score (nSPS) is 13.1. The van der Waals surface area contributed by atoms with Crippen LogP contribution in [0.25, 0.3) is 0 Å². The molecule has 0 saturated carbocycles. The molecule has 0 radical (unpaired) electrons. The zero-order valence-corrected chi connectivity index (χ0v) is 4.22. The van der Waals surface area contributed by atoms with Crippen LogP contribution in [0.4, 0.5) is 30.7 Å². The van der Waals surface area contributed by atoms with Gasteiger partial charge in [-0.05, 0) is 0 Å². The molecule has 11 heavy (non-hydrogen) atoms. The third kappa shape index (κ3) is 3.33. The van der Waals surface area contributed by atoms with Crippen molar-refractivity contribution in [3.8, 4) is 0 Å². The van der Waals surface area contributed by atoms with Crippen molar-refractivity contribution in [3.63, 3.8) is 0 Å². The molecule has 0 aliphatic heterocycles. The van der Waals surface area contributed by atoms with Crippen LogP contribution in [0.2, 0.25) is 0 Å². The summed E-state index contributed by atoms with van der Waals surface area (Å²) in [6.07, 6.45) is -10.9. The van der Waals surface area contributed by atoms with Crippen LogP contribution in [0.5, 0.6) is 0 Å². The van der Waals surface area contributed by atoms with E-state index in [-0.39, 0.29) is 37.7 Å². The number of halogens is 7. The molecule has 66 valence electrons. The summed E-state index contributed by atoms with van der Waals surface area (Å²) in [4.78, 5) is 0. The third-order valence-corrected chi connectivity index (χ3v) is 0.652. The molecule has 0 aliphatic carbocycles. The molecule has 8 heteroatoms. The average Bonchev–Trinajstić information content (AvgIpc) is 1.62. The van der Waals surface area contributed by atoms with Crippen LogP contribution in [0.3, 0.4) is 0 Å². The maximum atomic E-state index is 11.2. The minimum atomic E-state index is -6.17. The topological polar surface area (TPSA) is 0 Å². The Morgan fingerprint density at radius 2 is 1.09 bits per heavy atom. The monoisotopic (exact) mass is 212 g/mol. The molecular formula is C3H3CaF7. The van der Waals surface area contributed by atoms with E-state index >= 15 is 0 Å². The second-order valence-electron chi connectivity index (χ2n) is 1.42. The van der Waals surface area contributed by atoms with E-state index in [1.54, 1.807) is 0 Å². The van der Waals surface area contributed by atoms with Crippen LogP contribution in [-0.2, 0) is 0 Å². The van der Waals surface area contributed by atoms with E-state index in [0.29, 0.717) is 0 Å². The van der Waals surface area contributed by atoms with Crippen LogP contribution >= 0.6 is 0 Å². The molecule has 0 amide bonds. The molecule has 0 nitrogen and oxygen atoms in total. The summed E-state index contributed by atoms with van der Waals surface area (Å²) in [5.74, 6) is -5.90. The quantitative estimate of drug-likeness (QED) is 0.456. The molecular weight excluding hydrogens is 209 g/mol. The molecule has 0 saturated heterocycles. The standard InChI is InChI=1S/C3HF7.Ca.2H/c4-1(5)2(6,7)3(8,9)10;;;/h1H;;;. The first-order valence-electron chi connectivity index (χ1n) is 1.92. The summed E-state index contributed by atoms with van der Waals surface area (Å²) in [7, 11) is 0. The molecule has 0 aliphatic rings. The van der Waals surface area contributed by atoms with E-state index in [4.69, 9.17) is 0 Å². The first-order chi connectivity index (χ1) is 4.19. The van der Waals surface area contributed by atoms with Gasteiger partial charge in [-0.25, -0.2) is 8.78 Å². The van der Waals surface area contributed by atoms with Gasteiger partial charge in [0.1, 0.15) is 0 Å². The molecule has 0 fully saturated rings. The zero-order valence-electron chi connectivity index (χ0n) is 4.22. The Morgan fingerprint density at radius 1 is 0.818 bits per heavy atom. The number of alkyl halides is 7. The van der Waals surface area contributed by atoms with Gasteiger partial charge in [-0.1, -0.05) is 0 Å². The number of hydrogen-bond acceptors (Lipinski definition) is 0. The molecule has 0 aromatic rings. The zero-order chi connectivity index (χ0) is 8.58. The Morgan fingerprint density at radius 3 is 1.09 bits per heavy atom. The molecule has 0 spiro atoms. The fourth-order valence-corrected chi connectivity index (χ4v) is 0.124. The molecule has 0 unspecified atom stereocenters. The van der Waals surface area contributed by atoms with E-state index in [2.05, 4.69) is 0 Å². The summed E-state index contributed by atoms with van der Waals surface area (Å²) in [5, 5.41) is 0. The van der Waals surface area contributed by atoms with Gasteiger partial charge >= 0.3 is 56.3 Å². The summed E-state index contributed by atoms with van der Waals surface area (Å²) >= 11 is 0. The summed E-state index contributed by atoms with van der Waals surface area (Å²) in [6.45, 7) is 0. The van der Waals surface area contributed by atoms with E-state index in [9.17, 15) is 30.7 Å². The predicted molar refractivity (Wildman–Crippen MR) is 25.6 cm³/mol. The van der Waals surface area contributed by atoms with Gasteiger partial charge in [-0.15, -0.1) is 0 Å². The molecule has 0 bridgehead atoms. The Hall–Kier alpha value is 0.770. The van der Waals surface area contributed by atoms with Gasteiger partial charge in [0, 0.05) is 0 Å². The summed E-state index contributed by atoms with van der Waals surface area (Å²) in [6, 6.07) is 0. The van der Waals surface area contributed by atoms with Crippen molar-refractivity contribution in [1.29, 1.82) is 0 Å². The van der Waals surface area contributed by atoms with E-state index in [1.807, 2.05) is 0 Å². The van der Waals surface area contributed by atoms with Crippen LogP contribution in [0, 0.1) is 0 Å². The fourth-order valence-electron chi connectivity index (χ4n) is 0.124. The average molecular weight is 212 g/mol. The second-order valence-corrected chi connectivity index (χ2v) is 1.42. The SMILES string of the molecule is FC(F)C(F)(F)C(F)(F)F.[CaH2]. The van der Waals surface area contributed by atoms with Crippen LogP contribution in [-0.4, -0.2) is 56.3 Å². The summed E-state index contributed by atoms with van der Waals surface area (Å²) in [5.41, 5.74) is 0. The Kier molecular flexibility index (Phi) is 5.37. The van der Waals surface area contributed by atoms with Crippen molar-refractivity contribution in [3.05, 3.63) is 0 Å². The summed E-state index contributed by atoms with van der Waals surface area (Å²) < 4.78 is 76.6. The first kappa shape index (κ1) is 14.3. The minimum absolute atomic E-state index is 0. The molecule has 0 N–H and O–H groups in total. The van der Waals surface area contributed by atoms with Crippen LogP contribution in [0.1, 0.15) is 0 Å². The van der Waals surface area contributed by atoms with Gasteiger partial charge in [0.25, 0.3) is 0 Å². The van der Waals surface area contributed by atoms with Crippen molar-refractivity contribution < 1.29 is 30.7 Å². The molecule has 0 aromatic heterocycles.